The van der Waals surface area contributed by atoms with Crippen LogP contribution in [-0.4, -0.2) is 7.05 Å². The summed E-state index contributed by atoms with van der Waals surface area (Å²) in [5, 5.41) is 3.18. The van der Waals surface area contributed by atoms with E-state index >= 15 is 0 Å². The van der Waals surface area contributed by atoms with E-state index in [0.29, 0.717) is 0 Å². The predicted octanol–water partition coefficient (Wildman–Crippen LogP) is 4.22. The average molecular weight is 233 g/mol. The van der Waals surface area contributed by atoms with Crippen LogP contribution in [-0.2, 0) is 0 Å². The maximum absolute atomic E-state index is 3.98. The molecule has 1 aromatic heterocycles. The molecule has 0 atom stereocenters. The topological polar surface area (TPSA) is 12.0 Å². The molecule has 1 rings (SSSR count). The summed E-state index contributed by atoms with van der Waals surface area (Å²) < 4.78 is 0. The number of nitrogens with one attached hydrogen (secondary N) is 1. The molecule has 2 heteroatoms. The summed E-state index contributed by atoms with van der Waals surface area (Å²) >= 11 is 1.70. The van der Waals surface area contributed by atoms with Gasteiger partial charge in [-0.15, -0.1) is 11.3 Å². The Balaban J connectivity index is 3.08. The largest absolute Gasteiger partial charge is 0.387 e. The van der Waals surface area contributed by atoms with Gasteiger partial charge < -0.3 is 5.32 Å². The number of rotatable bonds is 2. The monoisotopic (exact) mass is 233 g/mol. The molecule has 0 aliphatic heterocycles. The highest BCUT2D eigenvalue weighted by Crippen LogP contribution is 2.31. The Kier molecular flexibility index (Phi) is 3.83. The second kappa shape index (κ2) is 4.76. The number of thiophene rings is 1. The lowest BCUT2D eigenvalue weighted by atomic mass is 9.98. The van der Waals surface area contributed by atoms with Crippen LogP contribution in [0.15, 0.2) is 12.6 Å². The molecule has 0 aliphatic rings. The van der Waals surface area contributed by atoms with E-state index in [2.05, 4.69) is 50.6 Å². The first-order chi connectivity index (χ1) is 7.33. The molecule has 0 aromatic carbocycles. The van der Waals surface area contributed by atoms with Gasteiger partial charge in [0.25, 0.3) is 0 Å². The molecule has 0 amide bonds. The normalized spacial score (nSPS) is 10.6. The Morgan fingerprint density at radius 1 is 1.44 bits per heavy atom. The zero-order chi connectivity index (χ0) is 12.3. The SMILES string of the molecule is C=C(C)c1sc(C#CC(C)(C)C)cc1NC. The van der Waals surface area contributed by atoms with E-state index in [1.165, 1.54) is 4.88 Å². The fraction of sp³-hybridized carbons (Fsp3) is 0.429. The molecule has 1 aromatic rings. The molecule has 1 N–H and O–H groups in total. The van der Waals surface area contributed by atoms with E-state index in [-0.39, 0.29) is 5.41 Å². The van der Waals surface area contributed by atoms with Crippen LogP contribution in [0.2, 0.25) is 0 Å². The van der Waals surface area contributed by atoms with E-state index in [1.807, 2.05) is 14.0 Å². The highest BCUT2D eigenvalue weighted by atomic mass is 32.1. The number of allylic oxidation sites excluding steroid dienone is 1. The third-order valence-electron chi connectivity index (χ3n) is 1.95. The van der Waals surface area contributed by atoms with E-state index in [9.17, 15) is 0 Å². The van der Waals surface area contributed by atoms with Crippen molar-refractivity contribution in [3.05, 3.63) is 22.4 Å². The van der Waals surface area contributed by atoms with Gasteiger partial charge >= 0.3 is 0 Å². The van der Waals surface area contributed by atoms with Crippen LogP contribution >= 0.6 is 11.3 Å². The summed E-state index contributed by atoms with van der Waals surface area (Å²) in [6.45, 7) is 12.4. The van der Waals surface area contributed by atoms with Crippen LogP contribution in [0, 0.1) is 17.3 Å². The fourth-order valence-electron chi connectivity index (χ4n) is 1.20. The Hall–Kier alpha value is -1.20. The van der Waals surface area contributed by atoms with Crippen molar-refractivity contribution in [1.82, 2.24) is 0 Å². The lowest BCUT2D eigenvalue weighted by Crippen LogP contribution is -1.98. The van der Waals surface area contributed by atoms with Crippen molar-refractivity contribution in [3.63, 3.8) is 0 Å². The van der Waals surface area contributed by atoms with Crippen molar-refractivity contribution >= 4 is 22.6 Å². The Bertz CT molecular complexity index is 449. The third kappa shape index (κ3) is 3.43. The fourth-order valence-corrected chi connectivity index (χ4v) is 2.15. The van der Waals surface area contributed by atoms with Gasteiger partial charge in [-0.1, -0.05) is 18.4 Å². The summed E-state index contributed by atoms with van der Waals surface area (Å²) in [6.07, 6.45) is 0. The minimum absolute atomic E-state index is 0.0488. The Morgan fingerprint density at radius 3 is 2.44 bits per heavy atom. The minimum atomic E-state index is 0.0488. The Morgan fingerprint density at radius 2 is 2.06 bits per heavy atom. The average Bonchev–Trinajstić information content (AvgIpc) is 2.56. The summed E-state index contributed by atoms with van der Waals surface area (Å²) in [6, 6.07) is 2.09. The van der Waals surface area contributed by atoms with Gasteiger partial charge in [0.1, 0.15) is 0 Å². The molecule has 16 heavy (non-hydrogen) atoms. The van der Waals surface area contributed by atoms with E-state index in [1.54, 1.807) is 11.3 Å². The first-order valence-electron chi connectivity index (χ1n) is 5.34. The number of anilines is 1. The van der Waals surface area contributed by atoms with E-state index in [4.69, 9.17) is 0 Å². The van der Waals surface area contributed by atoms with Crippen LogP contribution in [0.25, 0.3) is 5.57 Å². The Labute approximate surface area is 103 Å². The molecule has 0 saturated heterocycles. The van der Waals surface area contributed by atoms with Gasteiger partial charge in [-0.25, -0.2) is 0 Å². The summed E-state index contributed by atoms with van der Waals surface area (Å²) in [5.41, 5.74) is 2.25. The summed E-state index contributed by atoms with van der Waals surface area (Å²) in [7, 11) is 1.93. The maximum Gasteiger partial charge on any atom is 0.0796 e. The zero-order valence-electron chi connectivity index (χ0n) is 10.7. The second-order valence-electron chi connectivity index (χ2n) is 4.88. The van der Waals surface area contributed by atoms with Crippen molar-refractivity contribution in [2.75, 3.05) is 12.4 Å². The van der Waals surface area contributed by atoms with Gasteiger partial charge in [0.05, 0.1) is 15.4 Å². The molecule has 0 saturated carbocycles. The standard InChI is InChI=1S/C14H19NS/c1-10(2)13-12(15-6)9-11(16-13)7-8-14(3,4)5/h9,15H,1H2,2-6H3. The predicted molar refractivity (Wildman–Crippen MR) is 74.9 cm³/mol. The number of hydrogen-bond acceptors (Lipinski definition) is 2. The van der Waals surface area contributed by atoms with Crippen LogP contribution in [0.1, 0.15) is 37.4 Å². The third-order valence-corrected chi connectivity index (χ3v) is 3.16. The van der Waals surface area contributed by atoms with Gasteiger partial charge in [-0.3, -0.25) is 0 Å². The molecule has 0 unspecified atom stereocenters. The van der Waals surface area contributed by atoms with Crippen LogP contribution in [0.5, 0.6) is 0 Å². The van der Waals surface area contributed by atoms with Gasteiger partial charge in [0.15, 0.2) is 0 Å². The molecule has 0 aliphatic carbocycles. The second-order valence-corrected chi connectivity index (χ2v) is 5.94. The van der Waals surface area contributed by atoms with Crippen molar-refractivity contribution in [2.45, 2.75) is 27.7 Å². The molecule has 86 valence electrons. The maximum atomic E-state index is 3.98. The molecule has 0 radical (unpaired) electrons. The minimum Gasteiger partial charge on any atom is -0.387 e. The first-order valence-corrected chi connectivity index (χ1v) is 6.16. The lowest BCUT2D eigenvalue weighted by Gasteiger charge is -2.06. The molecular formula is C14H19NS. The van der Waals surface area contributed by atoms with Crippen LogP contribution in [0.3, 0.4) is 0 Å². The molecule has 0 fully saturated rings. The number of hydrogen-bond donors (Lipinski definition) is 1. The molecule has 1 nitrogen and oxygen atoms in total. The van der Waals surface area contributed by atoms with E-state index < -0.39 is 0 Å². The van der Waals surface area contributed by atoms with Crippen LogP contribution in [0.4, 0.5) is 5.69 Å². The van der Waals surface area contributed by atoms with Crippen molar-refractivity contribution in [1.29, 1.82) is 0 Å². The molecule has 0 bridgehead atoms. The lowest BCUT2D eigenvalue weighted by molar-refractivity contribution is 0.571. The van der Waals surface area contributed by atoms with Crippen LogP contribution < -0.4 is 5.32 Å². The van der Waals surface area contributed by atoms with Gasteiger partial charge in [-0.05, 0) is 39.3 Å². The van der Waals surface area contributed by atoms with Gasteiger partial charge in [0, 0.05) is 12.5 Å². The summed E-state index contributed by atoms with van der Waals surface area (Å²) in [4.78, 5) is 2.29. The van der Waals surface area contributed by atoms with Crippen molar-refractivity contribution in [3.8, 4) is 11.8 Å². The van der Waals surface area contributed by atoms with E-state index in [0.717, 1.165) is 16.1 Å². The summed E-state index contributed by atoms with van der Waals surface area (Å²) in [5.74, 6) is 6.47. The highest BCUT2D eigenvalue weighted by Gasteiger charge is 2.08. The smallest absolute Gasteiger partial charge is 0.0796 e. The zero-order valence-corrected chi connectivity index (χ0v) is 11.5. The first kappa shape index (κ1) is 12.9. The quantitative estimate of drug-likeness (QED) is 0.754. The van der Waals surface area contributed by atoms with Gasteiger partial charge in [-0.2, -0.15) is 0 Å². The molecular weight excluding hydrogens is 214 g/mol. The van der Waals surface area contributed by atoms with Crippen molar-refractivity contribution in [2.24, 2.45) is 5.41 Å². The highest BCUT2D eigenvalue weighted by molar-refractivity contribution is 7.14. The molecule has 0 spiro atoms. The van der Waals surface area contributed by atoms with Gasteiger partial charge in [0.2, 0.25) is 0 Å². The molecule has 1 heterocycles. The van der Waals surface area contributed by atoms with Crippen molar-refractivity contribution < 1.29 is 0 Å².